The zero-order valence-corrected chi connectivity index (χ0v) is 13.2. The molecule has 1 aliphatic heterocycles. The number of hydrogen-bond donors (Lipinski definition) is 1. The van der Waals surface area contributed by atoms with Gasteiger partial charge in [0.25, 0.3) is 5.91 Å². The molecule has 0 aliphatic carbocycles. The highest BCUT2D eigenvalue weighted by molar-refractivity contribution is 5.91. The van der Waals surface area contributed by atoms with Gasteiger partial charge in [-0.3, -0.25) is 4.79 Å². The summed E-state index contributed by atoms with van der Waals surface area (Å²) in [5.41, 5.74) is 1.82. The monoisotopic (exact) mass is 299 g/mol. The summed E-state index contributed by atoms with van der Waals surface area (Å²) in [7, 11) is 0. The molecule has 0 radical (unpaired) electrons. The largest absolute Gasteiger partial charge is 0.328 e. The first-order valence-corrected chi connectivity index (χ1v) is 7.49. The third-order valence-electron chi connectivity index (χ3n) is 3.99. The summed E-state index contributed by atoms with van der Waals surface area (Å²) < 4.78 is 1.65. The first kappa shape index (κ1) is 14.7. The summed E-state index contributed by atoms with van der Waals surface area (Å²) in [6.45, 7) is 8.37. The summed E-state index contributed by atoms with van der Waals surface area (Å²) in [6, 6.07) is 7.95. The second-order valence-corrected chi connectivity index (χ2v) is 6.30. The molecule has 6 nitrogen and oxygen atoms in total. The molecule has 1 aromatic carbocycles. The minimum atomic E-state index is -0.232. The van der Waals surface area contributed by atoms with Gasteiger partial charge in [-0.2, -0.15) is 0 Å². The molecule has 116 valence electrons. The van der Waals surface area contributed by atoms with Crippen LogP contribution in [0.3, 0.4) is 0 Å². The smallest absolute Gasteiger partial charge is 0.294 e. The number of hydrogen-bond acceptors (Lipinski definition) is 4. The molecule has 1 fully saturated rings. The average molecular weight is 299 g/mol. The van der Waals surface area contributed by atoms with Crippen LogP contribution >= 0.6 is 0 Å². The van der Waals surface area contributed by atoms with Gasteiger partial charge in [0.05, 0.1) is 11.2 Å². The zero-order valence-electron chi connectivity index (χ0n) is 13.2. The number of carbonyl (C=O) groups excluding carboxylic acids is 1. The van der Waals surface area contributed by atoms with Gasteiger partial charge < -0.3 is 10.2 Å². The number of aryl methyl sites for hydroxylation is 1. The van der Waals surface area contributed by atoms with E-state index in [1.54, 1.807) is 11.0 Å². The molecule has 0 atom stereocenters. The van der Waals surface area contributed by atoms with Crippen molar-refractivity contribution < 1.29 is 4.79 Å². The third kappa shape index (κ3) is 2.74. The Hall–Kier alpha value is -2.21. The van der Waals surface area contributed by atoms with Crippen LogP contribution in [0.4, 0.5) is 0 Å². The standard InChI is InChI=1S/C16H21N5O/c1-12-5-4-6-13(9-12)21-11-18-14(19-21)15(22)20-8-7-17-10-16(20,2)3/h4-6,9,11,17H,7-8,10H2,1-3H3. The number of aromatic nitrogens is 3. The fraction of sp³-hybridized carbons (Fsp3) is 0.438. The Kier molecular flexibility index (Phi) is 3.70. The van der Waals surface area contributed by atoms with E-state index < -0.39 is 0 Å². The quantitative estimate of drug-likeness (QED) is 0.910. The highest BCUT2D eigenvalue weighted by Gasteiger charge is 2.35. The number of nitrogens with zero attached hydrogens (tertiary/aromatic N) is 4. The number of amides is 1. The van der Waals surface area contributed by atoms with E-state index in [0.717, 1.165) is 24.3 Å². The van der Waals surface area contributed by atoms with Gasteiger partial charge in [0.15, 0.2) is 0 Å². The maximum Gasteiger partial charge on any atom is 0.294 e. The van der Waals surface area contributed by atoms with Gasteiger partial charge in [-0.05, 0) is 38.5 Å². The van der Waals surface area contributed by atoms with Crippen molar-refractivity contribution in [2.45, 2.75) is 26.3 Å². The molecule has 3 rings (SSSR count). The van der Waals surface area contributed by atoms with Crippen LogP contribution in [0.15, 0.2) is 30.6 Å². The van der Waals surface area contributed by atoms with Crippen molar-refractivity contribution in [1.82, 2.24) is 25.0 Å². The summed E-state index contributed by atoms with van der Waals surface area (Å²) in [5.74, 6) is 0.134. The lowest BCUT2D eigenvalue weighted by Crippen LogP contribution is -2.60. The number of rotatable bonds is 2. The van der Waals surface area contributed by atoms with Gasteiger partial charge in [-0.1, -0.05) is 12.1 Å². The molecule has 2 aromatic rings. The van der Waals surface area contributed by atoms with Crippen LogP contribution in [0, 0.1) is 6.92 Å². The molecule has 0 spiro atoms. The van der Waals surface area contributed by atoms with Crippen LogP contribution in [0.5, 0.6) is 0 Å². The van der Waals surface area contributed by atoms with E-state index in [0.29, 0.717) is 6.54 Å². The summed E-state index contributed by atoms with van der Waals surface area (Å²) in [4.78, 5) is 18.7. The number of piperazine rings is 1. The first-order chi connectivity index (χ1) is 10.5. The fourth-order valence-electron chi connectivity index (χ4n) is 2.74. The second kappa shape index (κ2) is 5.53. The number of nitrogens with one attached hydrogen (secondary N) is 1. The molecular formula is C16H21N5O. The normalized spacial score (nSPS) is 17.5. The second-order valence-electron chi connectivity index (χ2n) is 6.30. The van der Waals surface area contributed by atoms with Gasteiger partial charge in [-0.15, -0.1) is 5.10 Å². The molecule has 0 unspecified atom stereocenters. The predicted octanol–water partition coefficient (Wildman–Crippen LogP) is 1.40. The van der Waals surface area contributed by atoms with Crippen molar-refractivity contribution in [3.8, 4) is 5.69 Å². The van der Waals surface area contributed by atoms with Crippen molar-refractivity contribution >= 4 is 5.91 Å². The average Bonchev–Trinajstić information content (AvgIpc) is 2.96. The molecule has 0 saturated carbocycles. The Balaban J connectivity index is 1.86. The van der Waals surface area contributed by atoms with Crippen LogP contribution in [-0.4, -0.2) is 50.7 Å². The Morgan fingerprint density at radius 1 is 1.36 bits per heavy atom. The number of benzene rings is 1. The summed E-state index contributed by atoms with van der Waals surface area (Å²) in [6.07, 6.45) is 1.59. The maximum atomic E-state index is 12.7. The SMILES string of the molecule is Cc1cccc(-n2cnc(C(=O)N3CCNCC3(C)C)n2)c1. The summed E-state index contributed by atoms with van der Waals surface area (Å²) in [5, 5.41) is 7.66. The third-order valence-corrected chi connectivity index (χ3v) is 3.99. The molecule has 1 saturated heterocycles. The first-order valence-electron chi connectivity index (χ1n) is 7.49. The highest BCUT2D eigenvalue weighted by atomic mass is 16.2. The van der Waals surface area contributed by atoms with Crippen LogP contribution in [0.1, 0.15) is 30.0 Å². The Bertz CT molecular complexity index is 691. The van der Waals surface area contributed by atoms with Gasteiger partial charge in [0.2, 0.25) is 5.82 Å². The molecule has 0 bridgehead atoms. The Morgan fingerprint density at radius 3 is 2.91 bits per heavy atom. The zero-order chi connectivity index (χ0) is 15.7. The lowest BCUT2D eigenvalue weighted by Gasteiger charge is -2.42. The highest BCUT2D eigenvalue weighted by Crippen LogP contribution is 2.18. The van der Waals surface area contributed by atoms with E-state index in [1.807, 2.05) is 36.1 Å². The minimum absolute atomic E-state index is 0.113. The van der Waals surface area contributed by atoms with Crippen molar-refractivity contribution in [3.05, 3.63) is 42.0 Å². The van der Waals surface area contributed by atoms with Gasteiger partial charge in [0, 0.05) is 19.6 Å². The summed E-state index contributed by atoms with van der Waals surface area (Å²) >= 11 is 0. The van der Waals surface area contributed by atoms with Crippen molar-refractivity contribution in [2.24, 2.45) is 0 Å². The van der Waals surface area contributed by atoms with E-state index in [4.69, 9.17) is 0 Å². The molecular weight excluding hydrogens is 278 g/mol. The molecule has 1 aliphatic rings. The van der Waals surface area contributed by atoms with E-state index in [1.165, 1.54) is 0 Å². The Labute approximate surface area is 130 Å². The molecule has 1 N–H and O–H groups in total. The van der Waals surface area contributed by atoms with E-state index >= 15 is 0 Å². The Morgan fingerprint density at radius 2 is 2.18 bits per heavy atom. The van der Waals surface area contributed by atoms with Gasteiger partial charge in [0.1, 0.15) is 6.33 Å². The van der Waals surface area contributed by atoms with Crippen molar-refractivity contribution in [3.63, 3.8) is 0 Å². The van der Waals surface area contributed by atoms with E-state index in [-0.39, 0.29) is 17.3 Å². The van der Waals surface area contributed by atoms with Gasteiger partial charge in [-0.25, -0.2) is 9.67 Å². The van der Waals surface area contributed by atoms with Gasteiger partial charge >= 0.3 is 0 Å². The molecule has 22 heavy (non-hydrogen) atoms. The van der Waals surface area contributed by atoms with Crippen LogP contribution in [0.25, 0.3) is 5.69 Å². The van der Waals surface area contributed by atoms with E-state index in [2.05, 4.69) is 29.2 Å². The molecule has 1 amide bonds. The van der Waals surface area contributed by atoms with Crippen LogP contribution < -0.4 is 5.32 Å². The van der Waals surface area contributed by atoms with Crippen LogP contribution in [0.2, 0.25) is 0 Å². The van der Waals surface area contributed by atoms with Crippen LogP contribution in [-0.2, 0) is 0 Å². The van der Waals surface area contributed by atoms with Crippen molar-refractivity contribution in [1.29, 1.82) is 0 Å². The lowest BCUT2D eigenvalue weighted by atomic mass is 10.00. The van der Waals surface area contributed by atoms with Crippen molar-refractivity contribution in [2.75, 3.05) is 19.6 Å². The molecule has 2 heterocycles. The topological polar surface area (TPSA) is 63.1 Å². The minimum Gasteiger partial charge on any atom is -0.328 e. The predicted molar refractivity (Wildman–Crippen MR) is 84.1 cm³/mol. The number of carbonyl (C=O) groups is 1. The molecule has 1 aromatic heterocycles. The lowest BCUT2D eigenvalue weighted by molar-refractivity contribution is 0.0465. The molecule has 6 heteroatoms. The fourth-order valence-corrected chi connectivity index (χ4v) is 2.74. The maximum absolute atomic E-state index is 12.7. The van der Waals surface area contributed by atoms with E-state index in [9.17, 15) is 4.79 Å².